The zero-order valence-corrected chi connectivity index (χ0v) is 9.19. The highest BCUT2D eigenvalue weighted by Gasteiger charge is 2.03. The van der Waals surface area contributed by atoms with Crippen LogP contribution >= 0.6 is 0 Å². The number of nitrogens with one attached hydrogen (secondary N) is 1. The van der Waals surface area contributed by atoms with Gasteiger partial charge in [-0.05, 0) is 13.5 Å². The summed E-state index contributed by atoms with van der Waals surface area (Å²) in [6.07, 6.45) is 2.44. The predicted octanol–water partition coefficient (Wildman–Crippen LogP) is -0.361. The van der Waals surface area contributed by atoms with Crippen LogP contribution in [0, 0.1) is 0 Å². The summed E-state index contributed by atoms with van der Waals surface area (Å²) in [5, 5.41) is 2.91. The zero-order valence-electron chi connectivity index (χ0n) is 9.19. The first kappa shape index (κ1) is 11.7. The van der Waals surface area contributed by atoms with E-state index < -0.39 is 0 Å². The van der Waals surface area contributed by atoms with Gasteiger partial charge in [0.05, 0.1) is 0 Å². The second kappa shape index (κ2) is 5.50. The molecule has 1 N–H and O–H groups in total. The molecule has 0 saturated heterocycles. The smallest absolute Gasteiger partial charge is 0.318 e. The van der Waals surface area contributed by atoms with Crippen molar-refractivity contribution in [2.24, 2.45) is 0 Å². The Hall–Kier alpha value is -1.36. The number of hydrogen-bond donors (Lipinski definition) is 1. The second-order valence-electron chi connectivity index (χ2n) is 3.39. The molecule has 0 amide bonds. The Balaban J connectivity index is 3.07. The highest BCUT2D eigenvalue weighted by molar-refractivity contribution is 4.86. The monoisotopic (exact) mass is 211 g/mol. The number of aryl methyl sites for hydroxylation is 1. The number of likely N-dealkylation sites (N-methyl/N-ethyl adjacent to an activating group) is 1. The van der Waals surface area contributed by atoms with Gasteiger partial charge in [-0.1, -0.05) is 6.92 Å². The molecule has 1 aromatic rings. The fourth-order valence-electron chi connectivity index (χ4n) is 1.40. The van der Waals surface area contributed by atoms with Crippen LogP contribution in [-0.4, -0.2) is 22.7 Å². The third-order valence-electron chi connectivity index (χ3n) is 2.19. The lowest BCUT2D eigenvalue weighted by Gasteiger charge is -2.08. The summed E-state index contributed by atoms with van der Waals surface area (Å²) in [4.78, 5) is 23.2. The Morgan fingerprint density at radius 3 is 2.67 bits per heavy atom. The van der Waals surface area contributed by atoms with Crippen LogP contribution in [0.3, 0.4) is 0 Å². The summed E-state index contributed by atoms with van der Waals surface area (Å²) < 4.78 is 2.82. The number of hydrogen-bond acceptors (Lipinski definition) is 3. The molecular weight excluding hydrogens is 194 g/mol. The fraction of sp³-hybridized carbons (Fsp3) is 0.600. The molecule has 5 nitrogen and oxygen atoms in total. The van der Waals surface area contributed by atoms with Crippen molar-refractivity contribution < 1.29 is 0 Å². The summed E-state index contributed by atoms with van der Waals surface area (Å²) in [5.74, 6) is 0. The summed E-state index contributed by atoms with van der Waals surface area (Å²) >= 11 is 0. The zero-order chi connectivity index (χ0) is 11.3. The van der Waals surface area contributed by atoms with E-state index in [4.69, 9.17) is 0 Å². The average Bonchev–Trinajstić information content (AvgIpc) is 2.22. The van der Waals surface area contributed by atoms with Gasteiger partial charge in [0.2, 0.25) is 0 Å². The first-order chi connectivity index (χ1) is 7.20. The van der Waals surface area contributed by atoms with Crippen LogP contribution in [-0.2, 0) is 13.1 Å². The molecule has 5 heteroatoms. The van der Waals surface area contributed by atoms with Gasteiger partial charge in [0.1, 0.15) is 0 Å². The molecule has 0 radical (unpaired) electrons. The van der Waals surface area contributed by atoms with Crippen LogP contribution in [0.4, 0.5) is 0 Å². The van der Waals surface area contributed by atoms with Crippen molar-refractivity contribution >= 4 is 0 Å². The van der Waals surface area contributed by atoms with Crippen molar-refractivity contribution in [3.63, 3.8) is 0 Å². The Bertz CT molecular complexity index is 419. The van der Waals surface area contributed by atoms with E-state index in [0.29, 0.717) is 19.6 Å². The van der Waals surface area contributed by atoms with E-state index in [9.17, 15) is 9.59 Å². The number of nitrogens with zero attached hydrogens (tertiary/aromatic N) is 2. The lowest BCUT2D eigenvalue weighted by Crippen LogP contribution is -2.40. The fourth-order valence-corrected chi connectivity index (χ4v) is 1.40. The van der Waals surface area contributed by atoms with Crippen LogP contribution < -0.4 is 16.6 Å². The van der Waals surface area contributed by atoms with E-state index in [1.807, 2.05) is 6.92 Å². The largest absolute Gasteiger partial charge is 0.331 e. The second-order valence-corrected chi connectivity index (χ2v) is 3.39. The molecule has 0 bridgehead atoms. The van der Waals surface area contributed by atoms with E-state index in [1.165, 1.54) is 10.6 Å². The maximum Gasteiger partial charge on any atom is 0.331 e. The van der Waals surface area contributed by atoms with Crippen LogP contribution in [0.5, 0.6) is 0 Å². The average molecular weight is 211 g/mol. The van der Waals surface area contributed by atoms with E-state index in [2.05, 4.69) is 5.32 Å². The van der Waals surface area contributed by atoms with Crippen molar-refractivity contribution in [1.29, 1.82) is 0 Å². The molecule has 0 aliphatic rings. The molecule has 0 aromatic carbocycles. The summed E-state index contributed by atoms with van der Waals surface area (Å²) in [6.45, 7) is 3.68. The molecule has 1 heterocycles. The van der Waals surface area contributed by atoms with E-state index in [-0.39, 0.29) is 11.2 Å². The summed E-state index contributed by atoms with van der Waals surface area (Å²) in [5.41, 5.74) is -0.456. The summed E-state index contributed by atoms with van der Waals surface area (Å²) in [6, 6.07) is 1.44. The van der Waals surface area contributed by atoms with E-state index in [1.54, 1.807) is 17.8 Å². The van der Waals surface area contributed by atoms with Gasteiger partial charge in [-0.2, -0.15) is 0 Å². The minimum Gasteiger partial charge on any atom is -0.318 e. The van der Waals surface area contributed by atoms with Gasteiger partial charge < -0.3 is 9.88 Å². The van der Waals surface area contributed by atoms with Gasteiger partial charge in [0.25, 0.3) is 5.56 Å². The number of rotatable bonds is 5. The Morgan fingerprint density at radius 2 is 2.07 bits per heavy atom. The van der Waals surface area contributed by atoms with Gasteiger partial charge in [-0.15, -0.1) is 0 Å². The molecule has 0 saturated carbocycles. The maximum atomic E-state index is 11.8. The normalized spacial score (nSPS) is 10.5. The number of aromatic nitrogens is 2. The third-order valence-corrected chi connectivity index (χ3v) is 2.19. The molecule has 15 heavy (non-hydrogen) atoms. The topological polar surface area (TPSA) is 56.0 Å². The van der Waals surface area contributed by atoms with Gasteiger partial charge >= 0.3 is 5.69 Å². The van der Waals surface area contributed by atoms with Crippen molar-refractivity contribution in [2.75, 3.05) is 13.6 Å². The lowest BCUT2D eigenvalue weighted by molar-refractivity contribution is 0.534. The lowest BCUT2D eigenvalue weighted by atomic mass is 10.4. The Kier molecular flexibility index (Phi) is 4.30. The molecule has 0 aliphatic carbocycles. The summed E-state index contributed by atoms with van der Waals surface area (Å²) in [7, 11) is 1.79. The van der Waals surface area contributed by atoms with Crippen molar-refractivity contribution in [1.82, 2.24) is 14.5 Å². The van der Waals surface area contributed by atoms with Crippen molar-refractivity contribution in [3.05, 3.63) is 33.1 Å². The molecule has 0 unspecified atom stereocenters. The van der Waals surface area contributed by atoms with Crippen molar-refractivity contribution in [3.8, 4) is 0 Å². The first-order valence-electron chi connectivity index (χ1n) is 5.15. The molecular formula is C10H17N3O2. The van der Waals surface area contributed by atoms with Gasteiger partial charge in [0.15, 0.2) is 0 Å². The molecule has 1 rings (SSSR count). The third kappa shape index (κ3) is 2.79. The highest BCUT2D eigenvalue weighted by Crippen LogP contribution is 1.83. The SMILES string of the molecule is CCCn1ccc(=O)n(CCNC)c1=O. The van der Waals surface area contributed by atoms with Gasteiger partial charge in [-0.25, -0.2) is 4.79 Å². The van der Waals surface area contributed by atoms with E-state index in [0.717, 1.165) is 6.42 Å². The maximum absolute atomic E-state index is 11.8. The van der Waals surface area contributed by atoms with Crippen LogP contribution in [0.15, 0.2) is 21.9 Å². The van der Waals surface area contributed by atoms with Crippen LogP contribution in [0.1, 0.15) is 13.3 Å². The predicted molar refractivity (Wildman–Crippen MR) is 59.2 cm³/mol. The van der Waals surface area contributed by atoms with Crippen molar-refractivity contribution in [2.45, 2.75) is 26.4 Å². The molecule has 0 aliphatic heterocycles. The van der Waals surface area contributed by atoms with E-state index >= 15 is 0 Å². The van der Waals surface area contributed by atoms with Gasteiger partial charge in [0, 0.05) is 31.9 Å². The standard InChI is InChI=1S/C10H17N3O2/c1-3-6-12-7-4-9(14)13(10(12)15)8-5-11-2/h4,7,11H,3,5-6,8H2,1-2H3. The Labute approximate surface area is 88.4 Å². The first-order valence-corrected chi connectivity index (χ1v) is 5.15. The van der Waals surface area contributed by atoms with Gasteiger partial charge in [-0.3, -0.25) is 9.36 Å². The Morgan fingerprint density at radius 1 is 1.33 bits per heavy atom. The molecule has 0 spiro atoms. The quantitative estimate of drug-likeness (QED) is 0.723. The minimum absolute atomic E-state index is 0.223. The minimum atomic E-state index is -0.234. The molecule has 0 fully saturated rings. The highest BCUT2D eigenvalue weighted by atomic mass is 16.2. The molecule has 1 aromatic heterocycles. The molecule has 0 atom stereocenters. The van der Waals surface area contributed by atoms with Crippen LogP contribution in [0.2, 0.25) is 0 Å². The van der Waals surface area contributed by atoms with Crippen LogP contribution in [0.25, 0.3) is 0 Å². The molecule has 84 valence electrons.